The maximum absolute atomic E-state index is 5.64. The van der Waals surface area contributed by atoms with E-state index in [1.54, 1.807) is 0 Å². The number of rotatable bonds is 7. The van der Waals surface area contributed by atoms with Crippen molar-refractivity contribution < 1.29 is 4.74 Å². The number of nitrogens with one attached hydrogen (secondary N) is 1. The molecule has 3 heteroatoms. The quantitative estimate of drug-likeness (QED) is 0.635. The van der Waals surface area contributed by atoms with Gasteiger partial charge in [0, 0.05) is 32.7 Å². The Balaban J connectivity index is 2.18. The molecule has 0 aromatic rings. The normalized spacial score (nSPS) is 21.5. The van der Waals surface area contributed by atoms with E-state index in [-0.39, 0.29) is 0 Å². The summed E-state index contributed by atoms with van der Waals surface area (Å²) in [5, 5.41) is 3.34. The van der Waals surface area contributed by atoms with Gasteiger partial charge >= 0.3 is 0 Å². The topological polar surface area (TPSA) is 24.5 Å². The van der Waals surface area contributed by atoms with Gasteiger partial charge in [-0.05, 0) is 6.42 Å². The van der Waals surface area contributed by atoms with Crippen LogP contribution in [-0.4, -0.2) is 50.3 Å². The van der Waals surface area contributed by atoms with Crippen LogP contribution in [-0.2, 0) is 4.74 Å². The molecule has 0 radical (unpaired) electrons. The van der Waals surface area contributed by atoms with Gasteiger partial charge in [-0.15, -0.1) is 13.2 Å². The van der Waals surface area contributed by atoms with Gasteiger partial charge in [0.1, 0.15) is 0 Å². The molecular formula is C12H22N2O. The molecule has 15 heavy (non-hydrogen) atoms. The maximum atomic E-state index is 5.64. The lowest BCUT2D eigenvalue weighted by atomic mass is 10.2. The van der Waals surface area contributed by atoms with Crippen molar-refractivity contribution in [2.75, 3.05) is 39.3 Å². The monoisotopic (exact) mass is 210 g/mol. The first-order chi connectivity index (χ1) is 7.36. The lowest BCUT2D eigenvalue weighted by Crippen LogP contribution is -2.40. The van der Waals surface area contributed by atoms with Crippen LogP contribution in [0.15, 0.2) is 25.3 Å². The minimum Gasteiger partial charge on any atom is -0.376 e. The fourth-order valence-electron chi connectivity index (χ4n) is 1.75. The Bertz CT molecular complexity index is 178. The van der Waals surface area contributed by atoms with Gasteiger partial charge in [-0.25, -0.2) is 0 Å². The van der Waals surface area contributed by atoms with E-state index in [2.05, 4.69) is 23.4 Å². The van der Waals surface area contributed by atoms with E-state index in [0.29, 0.717) is 6.10 Å². The molecule has 1 N–H and O–H groups in total. The lowest BCUT2D eigenvalue weighted by Gasteiger charge is -2.26. The van der Waals surface area contributed by atoms with Gasteiger partial charge in [0.2, 0.25) is 0 Å². The van der Waals surface area contributed by atoms with Crippen molar-refractivity contribution in [3.63, 3.8) is 0 Å². The summed E-state index contributed by atoms with van der Waals surface area (Å²) in [4.78, 5) is 2.32. The predicted molar refractivity (Wildman–Crippen MR) is 64.1 cm³/mol. The molecule has 1 fully saturated rings. The lowest BCUT2D eigenvalue weighted by molar-refractivity contribution is 0.0186. The molecule has 1 aliphatic heterocycles. The molecule has 0 aromatic carbocycles. The largest absolute Gasteiger partial charge is 0.376 e. The molecule has 0 aromatic heterocycles. The van der Waals surface area contributed by atoms with E-state index in [9.17, 15) is 0 Å². The summed E-state index contributed by atoms with van der Waals surface area (Å²) in [6.07, 6.45) is 5.32. The molecule has 1 atom stereocenters. The summed E-state index contributed by atoms with van der Waals surface area (Å²) in [6, 6.07) is 0. The molecule has 1 aliphatic rings. The van der Waals surface area contributed by atoms with Gasteiger partial charge in [-0.2, -0.15) is 0 Å². The number of ether oxygens (including phenoxy) is 1. The fraction of sp³-hybridized carbons (Fsp3) is 0.667. The van der Waals surface area contributed by atoms with Gasteiger partial charge in [0.05, 0.1) is 12.7 Å². The highest BCUT2D eigenvalue weighted by atomic mass is 16.5. The Morgan fingerprint density at radius 2 is 2.07 bits per heavy atom. The zero-order valence-electron chi connectivity index (χ0n) is 9.45. The van der Waals surface area contributed by atoms with Crippen LogP contribution in [0.3, 0.4) is 0 Å². The van der Waals surface area contributed by atoms with E-state index in [4.69, 9.17) is 4.74 Å². The Labute approximate surface area is 92.8 Å². The van der Waals surface area contributed by atoms with E-state index in [1.807, 2.05) is 12.2 Å². The van der Waals surface area contributed by atoms with Crippen molar-refractivity contribution in [2.24, 2.45) is 0 Å². The molecule has 0 amide bonds. The summed E-state index contributed by atoms with van der Waals surface area (Å²) < 4.78 is 5.64. The number of morpholine rings is 1. The van der Waals surface area contributed by atoms with Crippen LogP contribution in [0.5, 0.6) is 0 Å². The van der Waals surface area contributed by atoms with Gasteiger partial charge in [-0.1, -0.05) is 12.2 Å². The highest BCUT2D eigenvalue weighted by Gasteiger charge is 2.13. The predicted octanol–water partition coefficient (Wildman–Crippen LogP) is 1.04. The summed E-state index contributed by atoms with van der Waals surface area (Å²) >= 11 is 0. The Morgan fingerprint density at radius 3 is 2.60 bits per heavy atom. The second kappa shape index (κ2) is 7.63. The third kappa shape index (κ3) is 5.11. The number of hydrogen-bond donors (Lipinski definition) is 1. The van der Waals surface area contributed by atoms with Crippen molar-refractivity contribution in [1.29, 1.82) is 0 Å². The third-order valence-corrected chi connectivity index (χ3v) is 2.55. The minimum atomic E-state index is 0.371. The molecular weight excluding hydrogens is 188 g/mol. The average molecular weight is 210 g/mol. The first-order valence-corrected chi connectivity index (χ1v) is 5.63. The average Bonchev–Trinajstić information content (AvgIpc) is 2.28. The van der Waals surface area contributed by atoms with E-state index < -0.39 is 0 Å². The van der Waals surface area contributed by atoms with Gasteiger partial charge in [0.25, 0.3) is 0 Å². The van der Waals surface area contributed by atoms with Crippen LogP contribution in [0.1, 0.15) is 6.42 Å². The summed E-state index contributed by atoms with van der Waals surface area (Å²) in [5.74, 6) is 0. The zero-order chi connectivity index (χ0) is 10.9. The van der Waals surface area contributed by atoms with Gasteiger partial charge in [-0.3, -0.25) is 4.90 Å². The van der Waals surface area contributed by atoms with Crippen LogP contribution >= 0.6 is 0 Å². The molecule has 0 saturated carbocycles. The SMILES string of the molecule is C=CCN(CC=C)CCC1CNCCO1. The Hall–Kier alpha value is -0.640. The molecule has 0 bridgehead atoms. The Kier molecular flexibility index (Phi) is 6.32. The van der Waals surface area contributed by atoms with Crippen molar-refractivity contribution in [3.8, 4) is 0 Å². The highest BCUT2D eigenvalue weighted by Crippen LogP contribution is 2.03. The summed E-state index contributed by atoms with van der Waals surface area (Å²) in [6.45, 7) is 13.2. The van der Waals surface area contributed by atoms with E-state index >= 15 is 0 Å². The maximum Gasteiger partial charge on any atom is 0.0712 e. The van der Waals surface area contributed by atoms with Gasteiger partial charge < -0.3 is 10.1 Å². The van der Waals surface area contributed by atoms with Crippen molar-refractivity contribution in [2.45, 2.75) is 12.5 Å². The van der Waals surface area contributed by atoms with Gasteiger partial charge in [0.15, 0.2) is 0 Å². The second-order valence-corrected chi connectivity index (χ2v) is 3.82. The fourth-order valence-corrected chi connectivity index (χ4v) is 1.75. The zero-order valence-corrected chi connectivity index (χ0v) is 9.45. The molecule has 0 aliphatic carbocycles. The first-order valence-electron chi connectivity index (χ1n) is 5.63. The molecule has 0 spiro atoms. The van der Waals surface area contributed by atoms with Crippen LogP contribution in [0.25, 0.3) is 0 Å². The summed E-state index contributed by atoms with van der Waals surface area (Å²) in [5.41, 5.74) is 0. The van der Waals surface area contributed by atoms with Crippen LogP contribution < -0.4 is 5.32 Å². The van der Waals surface area contributed by atoms with E-state index in [1.165, 1.54) is 0 Å². The number of nitrogens with zero attached hydrogens (tertiary/aromatic N) is 1. The standard InChI is InChI=1S/C12H22N2O/c1-3-7-14(8-4-2)9-5-12-11-13-6-10-15-12/h3-4,12-13H,1-2,5-11H2. The minimum absolute atomic E-state index is 0.371. The molecule has 1 unspecified atom stereocenters. The highest BCUT2D eigenvalue weighted by molar-refractivity contribution is 4.80. The molecule has 86 valence electrons. The van der Waals surface area contributed by atoms with Crippen LogP contribution in [0.4, 0.5) is 0 Å². The Morgan fingerprint density at radius 1 is 1.33 bits per heavy atom. The molecule has 1 saturated heterocycles. The first kappa shape index (κ1) is 12.4. The van der Waals surface area contributed by atoms with Crippen LogP contribution in [0, 0.1) is 0 Å². The van der Waals surface area contributed by atoms with Crippen LogP contribution in [0.2, 0.25) is 0 Å². The van der Waals surface area contributed by atoms with E-state index in [0.717, 1.165) is 45.8 Å². The smallest absolute Gasteiger partial charge is 0.0712 e. The summed E-state index contributed by atoms with van der Waals surface area (Å²) in [7, 11) is 0. The molecule has 3 nitrogen and oxygen atoms in total. The third-order valence-electron chi connectivity index (χ3n) is 2.55. The molecule has 1 rings (SSSR count). The van der Waals surface area contributed by atoms with Crippen molar-refractivity contribution in [1.82, 2.24) is 10.2 Å². The molecule has 1 heterocycles. The van der Waals surface area contributed by atoms with Crippen molar-refractivity contribution in [3.05, 3.63) is 25.3 Å². The number of hydrogen-bond acceptors (Lipinski definition) is 3. The van der Waals surface area contributed by atoms with Crippen molar-refractivity contribution >= 4 is 0 Å². The second-order valence-electron chi connectivity index (χ2n) is 3.82.